The number of carbonyl (C=O) groups excluding carboxylic acids is 1. The molecule has 1 amide bonds. The molecule has 0 aliphatic rings. The number of anilines is 1. The second kappa shape index (κ2) is 6.78. The fraction of sp³-hybridized carbons (Fsp3) is 0. The second-order valence-electron chi connectivity index (χ2n) is 3.77. The molecule has 2 rings (SSSR count). The summed E-state index contributed by atoms with van der Waals surface area (Å²) in [5.41, 5.74) is 0.126. The molecular formula is C12H4Cl6N2O. The van der Waals surface area contributed by atoms with Gasteiger partial charge in [0.15, 0.2) is 0 Å². The van der Waals surface area contributed by atoms with Crippen LogP contribution in [0, 0.1) is 0 Å². The van der Waals surface area contributed by atoms with Gasteiger partial charge in [0.05, 0.1) is 25.8 Å². The molecule has 1 heterocycles. The number of aromatic nitrogens is 1. The van der Waals surface area contributed by atoms with Gasteiger partial charge >= 0.3 is 0 Å². The van der Waals surface area contributed by atoms with Gasteiger partial charge in [-0.1, -0.05) is 69.6 Å². The number of amides is 1. The zero-order valence-electron chi connectivity index (χ0n) is 9.86. The van der Waals surface area contributed by atoms with Crippen molar-refractivity contribution in [2.75, 3.05) is 5.32 Å². The van der Waals surface area contributed by atoms with Crippen LogP contribution in [0.1, 0.15) is 10.5 Å². The Balaban J connectivity index is 2.40. The van der Waals surface area contributed by atoms with Crippen LogP contribution in [0.25, 0.3) is 0 Å². The van der Waals surface area contributed by atoms with Crippen molar-refractivity contribution in [2.45, 2.75) is 0 Å². The molecule has 1 aromatic carbocycles. The lowest BCUT2D eigenvalue weighted by Crippen LogP contribution is -2.15. The molecule has 110 valence electrons. The molecular weight excluding hydrogens is 401 g/mol. The Bertz CT molecular complexity index is 734. The summed E-state index contributed by atoms with van der Waals surface area (Å²) < 4.78 is 0. The van der Waals surface area contributed by atoms with Crippen LogP contribution >= 0.6 is 69.6 Å². The van der Waals surface area contributed by atoms with E-state index in [2.05, 4.69) is 10.3 Å². The molecule has 0 saturated heterocycles. The van der Waals surface area contributed by atoms with Gasteiger partial charge in [-0.3, -0.25) is 4.79 Å². The highest BCUT2D eigenvalue weighted by atomic mass is 35.5. The maximum atomic E-state index is 12.2. The first-order chi connectivity index (χ1) is 9.81. The zero-order valence-corrected chi connectivity index (χ0v) is 14.4. The first-order valence-corrected chi connectivity index (χ1v) is 7.54. The highest BCUT2D eigenvalue weighted by Gasteiger charge is 2.21. The van der Waals surface area contributed by atoms with E-state index in [1.165, 1.54) is 12.1 Å². The van der Waals surface area contributed by atoms with E-state index in [1.54, 1.807) is 6.07 Å². The van der Waals surface area contributed by atoms with Crippen molar-refractivity contribution in [2.24, 2.45) is 0 Å². The third kappa shape index (κ3) is 3.67. The number of rotatable bonds is 2. The average Bonchev–Trinajstić information content (AvgIpc) is 2.44. The monoisotopic (exact) mass is 402 g/mol. The summed E-state index contributed by atoms with van der Waals surface area (Å²) in [7, 11) is 0. The van der Waals surface area contributed by atoms with E-state index < -0.39 is 5.91 Å². The third-order valence-corrected chi connectivity index (χ3v) is 4.62. The van der Waals surface area contributed by atoms with Crippen molar-refractivity contribution in [1.82, 2.24) is 4.98 Å². The van der Waals surface area contributed by atoms with Crippen molar-refractivity contribution in [3.05, 3.63) is 54.2 Å². The highest BCUT2D eigenvalue weighted by molar-refractivity contribution is 6.52. The number of hydrogen-bond donors (Lipinski definition) is 1. The predicted molar refractivity (Wildman–Crippen MR) is 88.7 cm³/mol. The molecule has 0 atom stereocenters. The Morgan fingerprint density at radius 2 is 1.62 bits per heavy atom. The average molecular weight is 405 g/mol. The fourth-order valence-electron chi connectivity index (χ4n) is 1.41. The Labute approximate surface area is 150 Å². The largest absolute Gasteiger partial charge is 0.319 e. The van der Waals surface area contributed by atoms with Crippen LogP contribution in [-0.2, 0) is 0 Å². The summed E-state index contributed by atoms with van der Waals surface area (Å²) >= 11 is 35.2. The zero-order chi connectivity index (χ0) is 15.7. The Hall–Kier alpha value is -0.420. The van der Waals surface area contributed by atoms with Crippen molar-refractivity contribution in [3.8, 4) is 0 Å². The Morgan fingerprint density at radius 1 is 0.952 bits per heavy atom. The quantitative estimate of drug-likeness (QED) is 0.600. The molecule has 0 aliphatic heterocycles. The third-order valence-electron chi connectivity index (χ3n) is 2.38. The molecule has 9 heteroatoms. The van der Waals surface area contributed by atoms with E-state index in [4.69, 9.17) is 69.6 Å². The number of hydrogen-bond acceptors (Lipinski definition) is 2. The van der Waals surface area contributed by atoms with Crippen molar-refractivity contribution in [1.29, 1.82) is 0 Å². The minimum Gasteiger partial charge on any atom is -0.319 e. The standard InChI is InChI=1S/C12H4Cl6N2O/c13-4-1-2-5(14)6(3-4)19-12(21)10-8(16)7(15)9(17)11(18)20-10/h1-3H,(H,19,21). The minimum absolute atomic E-state index is 0.0272. The van der Waals surface area contributed by atoms with Gasteiger partial charge in [-0.15, -0.1) is 0 Å². The van der Waals surface area contributed by atoms with Crippen LogP contribution in [0.3, 0.4) is 0 Å². The van der Waals surface area contributed by atoms with Gasteiger partial charge in [0.25, 0.3) is 5.91 Å². The van der Waals surface area contributed by atoms with Crippen LogP contribution in [0.4, 0.5) is 5.69 Å². The van der Waals surface area contributed by atoms with Gasteiger partial charge in [-0.2, -0.15) is 0 Å². The number of carbonyl (C=O) groups is 1. The van der Waals surface area contributed by atoms with Crippen LogP contribution in [0.15, 0.2) is 18.2 Å². The van der Waals surface area contributed by atoms with Gasteiger partial charge in [0.2, 0.25) is 0 Å². The second-order valence-corrected chi connectivity index (χ2v) is 6.11. The van der Waals surface area contributed by atoms with E-state index in [9.17, 15) is 4.79 Å². The van der Waals surface area contributed by atoms with Crippen LogP contribution in [0.5, 0.6) is 0 Å². The van der Waals surface area contributed by atoms with Crippen molar-refractivity contribution in [3.63, 3.8) is 0 Å². The molecule has 0 aliphatic carbocycles. The smallest absolute Gasteiger partial charge is 0.275 e. The van der Waals surface area contributed by atoms with Crippen LogP contribution < -0.4 is 5.32 Å². The molecule has 0 unspecified atom stereocenters. The predicted octanol–water partition coefficient (Wildman–Crippen LogP) is 6.25. The van der Waals surface area contributed by atoms with E-state index >= 15 is 0 Å². The molecule has 3 nitrogen and oxygen atoms in total. The molecule has 1 aromatic heterocycles. The van der Waals surface area contributed by atoms with E-state index in [-0.39, 0.29) is 25.9 Å². The SMILES string of the molecule is O=C(Nc1cc(Cl)ccc1Cl)c1nc(Cl)c(Cl)c(Cl)c1Cl. The molecule has 0 saturated carbocycles. The molecule has 0 bridgehead atoms. The molecule has 1 N–H and O–H groups in total. The van der Waals surface area contributed by atoms with Gasteiger partial charge < -0.3 is 5.32 Å². The van der Waals surface area contributed by atoms with Crippen molar-refractivity contribution >= 4 is 81.2 Å². The summed E-state index contributed by atoms with van der Waals surface area (Å²) in [5, 5.41) is 2.90. The van der Waals surface area contributed by atoms with Gasteiger partial charge in [-0.25, -0.2) is 4.98 Å². The van der Waals surface area contributed by atoms with Gasteiger partial charge in [0, 0.05) is 5.02 Å². The summed E-state index contributed by atoms with van der Waals surface area (Å²) in [4.78, 5) is 16.0. The minimum atomic E-state index is -0.648. The van der Waals surface area contributed by atoms with E-state index in [1.807, 2.05) is 0 Å². The van der Waals surface area contributed by atoms with Crippen molar-refractivity contribution < 1.29 is 4.79 Å². The summed E-state index contributed by atoms with van der Waals surface area (Å²) in [6, 6.07) is 4.60. The summed E-state index contributed by atoms with van der Waals surface area (Å²) in [6.45, 7) is 0. The first-order valence-electron chi connectivity index (χ1n) is 5.27. The highest BCUT2D eigenvalue weighted by Crippen LogP contribution is 2.36. The lowest BCUT2D eigenvalue weighted by molar-refractivity contribution is 0.102. The molecule has 0 fully saturated rings. The van der Waals surface area contributed by atoms with Crippen LogP contribution in [-0.4, -0.2) is 10.9 Å². The molecule has 2 aromatic rings. The van der Waals surface area contributed by atoms with E-state index in [0.717, 1.165) is 0 Å². The van der Waals surface area contributed by atoms with E-state index in [0.29, 0.717) is 15.7 Å². The summed E-state index contributed by atoms with van der Waals surface area (Å²) in [5.74, 6) is -0.648. The number of pyridine rings is 1. The molecule has 0 radical (unpaired) electrons. The number of halogens is 6. The summed E-state index contributed by atoms with van der Waals surface area (Å²) in [6.07, 6.45) is 0. The first kappa shape index (κ1) is 16.9. The Kier molecular flexibility index (Phi) is 5.47. The van der Waals surface area contributed by atoms with Gasteiger partial charge in [0.1, 0.15) is 10.8 Å². The topological polar surface area (TPSA) is 42.0 Å². The molecule has 21 heavy (non-hydrogen) atoms. The van der Waals surface area contributed by atoms with Crippen LogP contribution in [0.2, 0.25) is 30.3 Å². The lowest BCUT2D eigenvalue weighted by Gasteiger charge is -2.10. The Morgan fingerprint density at radius 3 is 2.29 bits per heavy atom. The fourth-order valence-corrected chi connectivity index (χ4v) is 2.56. The number of nitrogens with one attached hydrogen (secondary N) is 1. The maximum absolute atomic E-state index is 12.2. The lowest BCUT2D eigenvalue weighted by atomic mass is 10.3. The maximum Gasteiger partial charge on any atom is 0.275 e. The normalized spacial score (nSPS) is 10.6. The van der Waals surface area contributed by atoms with Gasteiger partial charge in [-0.05, 0) is 18.2 Å². The number of benzene rings is 1. The number of nitrogens with zero attached hydrogens (tertiary/aromatic N) is 1. The molecule has 0 spiro atoms.